The molecule has 252 valence electrons. The second-order valence-electron chi connectivity index (χ2n) is 12.0. The number of aryl methyl sites for hydroxylation is 1. The van der Waals surface area contributed by atoms with E-state index in [1.165, 1.54) is 56.0 Å². The number of amides is 3. The number of nitrogens with one attached hydrogen (secondary N) is 1. The van der Waals surface area contributed by atoms with Crippen molar-refractivity contribution in [3.63, 3.8) is 0 Å². The van der Waals surface area contributed by atoms with Crippen LogP contribution in [0.5, 0.6) is 0 Å². The number of carbonyl (C=O) groups is 2. The molecule has 2 aliphatic carbocycles. The minimum Gasteiger partial charge on any atom is -0.395 e. The van der Waals surface area contributed by atoms with Gasteiger partial charge in [0.05, 0.1) is 17.5 Å². The molecule has 1 unspecified atom stereocenters. The van der Waals surface area contributed by atoms with Gasteiger partial charge in [-0.15, -0.1) is 11.3 Å². The number of nitrogens with two attached hydrogens (primary N) is 1. The third-order valence-corrected chi connectivity index (χ3v) is 11.7. The van der Waals surface area contributed by atoms with Gasteiger partial charge in [0.25, 0.3) is 0 Å². The number of hydrogen-bond acceptors (Lipinski definition) is 7. The summed E-state index contributed by atoms with van der Waals surface area (Å²) in [6.07, 6.45) is 11.0. The molecule has 1 atom stereocenters. The minimum atomic E-state index is -3.29. The highest BCUT2D eigenvalue weighted by Crippen LogP contribution is 2.42. The molecule has 49 heavy (non-hydrogen) atoms. The zero-order valence-electron chi connectivity index (χ0n) is 26.7. The molecule has 1 aromatic heterocycles. The number of aliphatic hydroxyl groups excluding tert-OH is 1. The van der Waals surface area contributed by atoms with Crippen LogP contribution in [0.1, 0.15) is 40.0 Å². The number of fused-ring (bicyclic) bond motifs is 5. The topological polar surface area (TPSA) is 150 Å². The number of anilines is 1. The maximum Gasteiger partial charge on any atom is 0.346 e. The van der Waals surface area contributed by atoms with E-state index in [1.807, 2.05) is 12.1 Å². The number of aliphatic hydroxyl groups is 1. The lowest BCUT2D eigenvalue weighted by atomic mass is 9.78. The summed E-state index contributed by atoms with van der Waals surface area (Å²) in [6, 6.07) is 24.2. The minimum absolute atomic E-state index is 0.0816. The number of carbonyl (C=O) groups excluding carboxylic acids is 2. The first kappa shape index (κ1) is 34.1. The van der Waals surface area contributed by atoms with E-state index >= 15 is 0 Å². The Balaban J connectivity index is 0.000000295. The molecule has 0 saturated heterocycles. The zero-order valence-corrected chi connectivity index (χ0v) is 28.3. The molecule has 0 spiro atoms. The number of sulfone groups is 1. The van der Waals surface area contributed by atoms with Crippen molar-refractivity contribution < 1.29 is 28.3 Å². The van der Waals surface area contributed by atoms with Crippen LogP contribution in [0.15, 0.2) is 96.4 Å². The summed E-state index contributed by atoms with van der Waals surface area (Å²) in [4.78, 5) is 24.8. The summed E-state index contributed by atoms with van der Waals surface area (Å²) < 4.78 is 22.3. The van der Waals surface area contributed by atoms with Gasteiger partial charge in [-0.2, -0.15) is 5.06 Å². The zero-order chi connectivity index (χ0) is 34.5. The molecule has 3 aliphatic rings. The first-order valence-corrected chi connectivity index (χ1v) is 18.5. The van der Waals surface area contributed by atoms with Gasteiger partial charge in [0.2, 0.25) is 5.91 Å². The number of benzene rings is 3. The van der Waals surface area contributed by atoms with Crippen molar-refractivity contribution in [2.24, 2.45) is 5.73 Å². The Morgan fingerprint density at radius 3 is 2.49 bits per heavy atom. The Hall–Kier alpha value is -4.81. The van der Waals surface area contributed by atoms with Crippen LogP contribution in [-0.4, -0.2) is 49.1 Å². The molecule has 4 aromatic rings. The third kappa shape index (κ3) is 7.60. The highest BCUT2D eigenvalue weighted by Gasteiger charge is 2.24. The molecule has 11 heteroatoms. The molecule has 3 amide bonds. The third-order valence-electron chi connectivity index (χ3n) is 8.80. The van der Waals surface area contributed by atoms with E-state index < -0.39 is 27.0 Å². The lowest BCUT2D eigenvalue weighted by Gasteiger charge is -2.26. The summed E-state index contributed by atoms with van der Waals surface area (Å²) in [5.41, 5.74) is 16.1. The lowest BCUT2D eigenvalue weighted by Crippen LogP contribution is -2.39. The smallest absolute Gasteiger partial charge is 0.346 e. The van der Waals surface area contributed by atoms with Crippen molar-refractivity contribution in [3.05, 3.63) is 124 Å². The van der Waals surface area contributed by atoms with Gasteiger partial charge in [0.1, 0.15) is 0 Å². The molecule has 1 aliphatic heterocycles. The van der Waals surface area contributed by atoms with Crippen molar-refractivity contribution >= 4 is 50.4 Å². The SMILES string of the molecule is NC(=O)CC1C=CC=CS1(=O)=O.O=C(NCCO)N(O)c1cccc(-c2ccc(C3=Cc4ccc5c(c4CC3)CCc3ccccc3-5)s2)c1. The number of allylic oxidation sites excluding steroid dienone is 3. The van der Waals surface area contributed by atoms with Gasteiger partial charge < -0.3 is 16.2 Å². The Kier molecular flexibility index (Phi) is 10.3. The Morgan fingerprint density at radius 2 is 1.69 bits per heavy atom. The van der Waals surface area contributed by atoms with Crippen LogP contribution < -0.4 is 16.1 Å². The summed E-state index contributed by atoms with van der Waals surface area (Å²) >= 11 is 1.73. The lowest BCUT2D eigenvalue weighted by molar-refractivity contribution is -0.117. The Labute approximate surface area is 289 Å². The van der Waals surface area contributed by atoms with E-state index in [1.54, 1.807) is 29.5 Å². The van der Waals surface area contributed by atoms with Gasteiger partial charge in [0, 0.05) is 28.1 Å². The average Bonchev–Trinajstić information content (AvgIpc) is 3.61. The fourth-order valence-corrected chi connectivity index (χ4v) is 8.67. The largest absolute Gasteiger partial charge is 0.395 e. The predicted octanol–water partition coefficient (Wildman–Crippen LogP) is 6.29. The Morgan fingerprint density at radius 1 is 0.898 bits per heavy atom. The predicted molar refractivity (Wildman–Crippen MR) is 195 cm³/mol. The molecule has 0 bridgehead atoms. The van der Waals surface area contributed by atoms with E-state index in [9.17, 15) is 23.2 Å². The van der Waals surface area contributed by atoms with Crippen molar-refractivity contribution in [2.45, 2.75) is 37.4 Å². The summed E-state index contributed by atoms with van der Waals surface area (Å²) in [5, 5.41) is 22.5. The molecule has 5 N–H and O–H groups in total. The first-order valence-electron chi connectivity index (χ1n) is 16.0. The molecule has 0 radical (unpaired) electrons. The molecule has 2 heterocycles. The van der Waals surface area contributed by atoms with E-state index in [0.717, 1.165) is 41.5 Å². The van der Waals surface area contributed by atoms with Crippen LogP contribution in [0.3, 0.4) is 0 Å². The second-order valence-corrected chi connectivity index (χ2v) is 15.1. The number of rotatable bonds is 7. The van der Waals surface area contributed by atoms with Crippen molar-refractivity contribution in [2.75, 3.05) is 18.2 Å². The molecular weight excluding hydrogens is 659 g/mol. The van der Waals surface area contributed by atoms with E-state index in [-0.39, 0.29) is 19.6 Å². The number of hydroxylamine groups is 1. The monoisotopic (exact) mass is 695 g/mol. The van der Waals surface area contributed by atoms with E-state index in [0.29, 0.717) is 10.8 Å². The maximum atomic E-state index is 12.1. The van der Waals surface area contributed by atoms with Crippen LogP contribution in [0.25, 0.3) is 33.2 Å². The van der Waals surface area contributed by atoms with Crippen LogP contribution in [0.4, 0.5) is 10.5 Å². The van der Waals surface area contributed by atoms with Crippen LogP contribution in [0, 0.1) is 0 Å². The van der Waals surface area contributed by atoms with Crippen molar-refractivity contribution in [3.8, 4) is 21.6 Å². The summed E-state index contributed by atoms with van der Waals surface area (Å²) in [7, 11) is -3.29. The van der Waals surface area contributed by atoms with Crippen LogP contribution in [-0.2, 0) is 33.9 Å². The molecule has 0 saturated carbocycles. The summed E-state index contributed by atoms with van der Waals surface area (Å²) in [5.74, 6) is -0.608. The van der Waals surface area contributed by atoms with E-state index in [2.05, 4.69) is 59.9 Å². The van der Waals surface area contributed by atoms with Crippen LogP contribution >= 0.6 is 11.3 Å². The summed E-state index contributed by atoms with van der Waals surface area (Å²) in [6.45, 7) is -0.105. The normalized spacial score (nSPS) is 16.6. The molecule has 0 fully saturated rings. The quantitative estimate of drug-likeness (QED) is 0.132. The van der Waals surface area contributed by atoms with Gasteiger partial charge in [-0.25, -0.2) is 13.2 Å². The van der Waals surface area contributed by atoms with E-state index in [4.69, 9.17) is 10.8 Å². The highest BCUT2D eigenvalue weighted by atomic mass is 32.2. The standard InChI is InChI=1S/C31H28N2O3S.C7H9NO3S/c34-17-16-32-31(35)33(36)24-6-3-5-22(19-24)29-14-15-30(37-29)23-10-11-26-21(18-23)9-13-27-25-7-2-1-4-20(25)8-12-28(26)27;8-7(9)5-6-3-1-2-4-12(6,10)11/h1-7,9,13-15,18-19,34,36H,8,10-12,16-17H2,(H,32,35);1-4,6H,5H2,(H2,8,9). The number of hydrogen-bond donors (Lipinski definition) is 4. The maximum absolute atomic E-state index is 12.1. The molecule has 3 aromatic carbocycles. The highest BCUT2D eigenvalue weighted by molar-refractivity contribution is 7.95. The Bertz CT molecular complexity index is 2100. The van der Waals surface area contributed by atoms with Gasteiger partial charge in [-0.3, -0.25) is 10.0 Å². The van der Waals surface area contributed by atoms with Crippen molar-refractivity contribution in [1.82, 2.24) is 5.32 Å². The number of urea groups is 1. The molecular formula is C38H37N3O6S2. The molecule has 7 rings (SSSR count). The van der Waals surface area contributed by atoms with Gasteiger partial charge in [0.15, 0.2) is 9.84 Å². The number of thiophene rings is 1. The fraction of sp³-hybridized carbons (Fsp3) is 0.211. The van der Waals surface area contributed by atoms with Crippen LogP contribution in [0.2, 0.25) is 0 Å². The van der Waals surface area contributed by atoms with Crippen molar-refractivity contribution in [1.29, 1.82) is 0 Å². The fourth-order valence-electron chi connectivity index (χ4n) is 6.40. The second kappa shape index (κ2) is 14.8. The molecule has 9 nitrogen and oxygen atoms in total. The van der Waals surface area contributed by atoms with Gasteiger partial charge in [-0.1, -0.05) is 72.8 Å². The van der Waals surface area contributed by atoms with Gasteiger partial charge >= 0.3 is 6.03 Å². The average molecular weight is 696 g/mol. The van der Waals surface area contributed by atoms with Gasteiger partial charge in [-0.05, 0) is 94.5 Å². The number of nitrogens with zero attached hydrogens (tertiary/aromatic N) is 1. The number of primary amides is 1. The first-order chi connectivity index (χ1) is 23.6.